The molecule has 1 aromatic heterocycles. The molecule has 0 saturated carbocycles. The van der Waals surface area contributed by atoms with Crippen molar-refractivity contribution >= 4 is 38.3 Å². The standard InChI is InChI=1S/C19H14N4O5S2/c1-28-14-8-6-12(7-9-14)17(25)21-18-22-23-19(29-18)30(26,27)15(11-20)10-13-4-2-3-5-16(13)24/h2-10,24H,1H3,(H,21,22,25). The van der Waals surface area contributed by atoms with Crippen LogP contribution in [0.3, 0.4) is 0 Å². The fraction of sp³-hybridized carbons (Fsp3) is 0.0526. The molecule has 0 unspecified atom stereocenters. The Hall–Kier alpha value is -3.75. The van der Waals surface area contributed by atoms with Gasteiger partial charge in [0.1, 0.15) is 17.6 Å². The van der Waals surface area contributed by atoms with Gasteiger partial charge in [-0.05, 0) is 36.4 Å². The number of nitrogens with zero attached hydrogens (tertiary/aromatic N) is 3. The number of sulfone groups is 1. The van der Waals surface area contributed by atoms with Crippen LogP contribution in [0, 0.1) is 11.3 Å². The highest BCUT2D eigenvalue weighted by molar-refractivity contribution is 7.97. The minimum absolute atomic E-state index is 0.0470. The van der Waals surface area contributed by atoms with E-state index in [1.54, 1.807) is 30.3 Å². The minimum atomic E-state index is -4.29. The molecule has 3 rings (SSSR count). The summed E-state index contributed by atoms with van der Waals surface area (Å²) in [6, 6.07) is 13.9. The summed E-state index contributed by atoms with van der Waals surface area (Å²) in [5, 5.41) is 28.8. The predicted octanol–water partition coefficient (Wildman–Crippen LogP) is 2.84. The molecule has 0 aliphatic carbocycles. The minimum Gasteiger partial charge on any atom is -0.507 e. The molecular formula is C19H14N4O5S2. The summed E-state index contributed by atoms with van der Waals surface area (Å²) in [7, 11) is -2.79. The second-order valence-electron chi connectivity index (χ2n) is 5.74. The van der Waals surface area contributed by atoms with Crippen molar-refractivity contribution in [2.45, 2.75) is 4.34 Å². The van der Waals surface area contributed by atoms with Crippen LogP contribution in [0.2, 0.25) is 0 Å². The third-order valence-electron chi connectivity index (χ3n) is 3.83. The third kappa shape index (κ3) is 4.45. The number of methoxy groups -OCH3 is 1. The molecule has 0 aliphatic heterocycles. The Kier molecular flexibility index (Phi) is 6.10. The third-order valence-corrected chi connectivity index (χ3v) is 6.70. The van der Waals surface area contributed by atoms with Crippen LogP contribution < -0.4 is 10.1 Å². The second kappa shape index (κ2) is 8.73. The summed E-state index contributed by atoms with van der Waals surface area (Å²) in [5.74, 6) is -0.107. The van der Waals surface area contributed by atoms with E-state index in [0.717, 1.165) is 6.08 Å². The first-order valence-corrected chi connectivity index (χ1v) is 10.6. The van der Waals surface area contributed by atoms with Crippen molar-refractivity contribution in [1.29, 1.82) is 5.26 Å². The Morgan fingerprint density at radius 1 is 1.20 bits per heavy atom. The SMILES string of the molecule is COc1ccc(C(=O)Nc2nnc(S(=O)(=O)C(C#N)=Cc3ccccc3O)s2)cc1. The van der Waals surface area contributed by atoms with Gasteiger partial charge in [-0.15, -0.1) is 10.2 Å². The molecule has 2 N–H and O–H groups in total. The highest BCUT2D eigenvalue weighted by Crippen LogP contribution is 2.28. The van der Waals surface area contributed by atoms with E-state index in [9.17, 15) is 23.6 Å². The quantitative estimate of drug-likeness (QED) is 0.438. The van der Waals surface area contributed by atoms with Crippen LogP contribution in [0.25, 0.3) is 6.08 Å². The van der Waals surface area contributed by atoms with Gasteiger partial charge in [0.25, 0.3) is 5.91 Å². The lowest BCUT2D eigenvalue weighted by molar-refractivity contribution is 0.102. The Bertz CT molecular complexity index is 1260. The highest BCUT2D eigenvalue weighted by atomic mass is 32.2. The largest absolute Gasteiger partial charge is 0.507 e. The number of phenols is 1. The number of hydrogen-bond donors (Lipinski definition) is 2. The Balaban J connectivity index is 1.84. The molecule has 1 heterocycles. The molecule has 3 aromatic rings. The summed E-state index contributed by atoms with van der Waals surface area (Å²) < 4.78 is 30.0. The lowest BCUT2D eigenvalue weighted by Crippen LogP contribution is -2.11. The van der Waals surface area contributed by atoms with E-state index in [4.69, 9.17) is 4.74 Å². The number of anilines is 1. The number of allylic oxidation sites excluding steroid dienone is 1. The van der Waals surface area contributed by atoms with E-state index in [1.807, 2.05) is 0 Å². The van der Waals surface area contributed by atoms with Gasteiger partial charge in [0.2, 0.25) is 19.3 Å². The number of carbonyl (C=O) groups is 1. The van der Waals surface area contributed by atoms with E-state index < -0.39 is 25.0 Å². The van der Waals surface area contributed by atoms with Gasteiger partial charge in [0, 0.05) is 11.1 Å². The summed E-state index contributed by atoms with van der Waals surface area (Å²) in [4.78, 5) is 11.7. The van der Waals surface area contributed by atoms with E-state index in [1.165, 1.54) is 31.4 Å². The van der Waals surface area contributed by atoms with Crippen LogP contribution in [0.4, 0.5) is 5.13 Å². The Labute approximate surface area is 175 Å². The summed E-state index contributed by atoms with van der Waals surface area (Å²) in [6.45, 7) is 0. The zero-order valence-electron chi connectivity index (χ0n) is 15.4. The van der Waals surface area contributed by atoms with Crippen molar-refractivity contribution in [1.82, 2.24) is 10.2 Å². The molecule has 152 valence electrons. The van der Waals surface area contributed by atoms with Gasteiger partial charge in [0.05, 0.1) is 7.11 Å². The molecule has 9 nitrogen and oxygen atoms in total. The predicted molar refractivity (Wildman–Crippen MR) is 110 cm³/mol. The van der Waals surface area contributed by atoms with Crippen LogP contribution >= 0.6 is 11.3 Å². The zero-order chi connectivity index (χ0) is 21.7. The number of benzene rings is 2. The number of carbonyl (C=O) groups excluding carboxylic acids is 1. The van der Waals surface area contributed by atoms with Gasteiger partial charge in [-0.1, -0.05) is 29.5 Å². The molecule has 0 radical (unpaired) electrons. The molecule has 0 fully saturated rings. The first kappa shape index (κ1) is 21.0. The van der Waals surface area contributed by atoms with Crippen molar-refractivity contribution in [3.05, 3.63) is 64.6 Å². The van der Waals surface area contributed by atoms with Crippen LogP contribution in [-0.4, -0.2) is 36.7 Å². The first-order chi connectivity index (χ1) is 14.3. The van der Waals surface area contributed by atoms with Crippen molar-refractivity contribution in [2.24, 2.45) is 0 Å². The maximum atomic E-state index is 12.7. The molecule has 0 saturated heterocycles. The fourth-order valence-corrected chi connectivity index (χ4v) is 4.45. The molecule has 2 aromatic carbocycles. The Morgan fingerprint density at radius 2 is 1.90 bits per heavy atom. The number of aromatic nitrogens is 2. The van der Waals surface area contributed by atoms with Crippen LogP contribution in [-0.2, 0) is 9.84 Å². The summed E-state index contributed by atoms with van der Waals surface area (Å²) in [6.07, 6.45) is 1.04. The van der Waals surface area contributed by atoms with E-state index >= 15 is 0 Å². The van der Waals surface area contributed by atoms with Crippen LogP contribution in [0.5, 0.6) is 11.5 Å². The second-order valence-corrected chi connectivity index (χ2v) is 8.81. The summed E-state index contributed by atoms with van der Waals surface area (Å²) in [5.41, 5.74) is 0.475. The van der Waals surface area contributed by atoms with E-state index in [0.29, 0.717) is 22.6 Å². The van der Waals surface area contributed by atoms with Crippen molar-refractivity contribution in [2.75, 3.05) is 12.4 Å². The number of phenolic OH excluding ortho intramolecular Hbond substituents is 1. The van der Waals surface area contributed by atoms with E-state index in [2.05, 4.69) is 15.5 Å². The van der Waals surface area contributed by atoms with Crippen molar-refractivity contribution in [3.8, 4) is 17.6 Å². The molecule has 1 amide bonds. The van der Waals surface area contributed by atoms with Crippen LogP contribution in [0.1, 0.15) is 15.9 Å². The monoisotopic (exact) mass is 442 g/mol. The first-order valence-electron chi connectivity index (χ1n) is 8.29. The average molecular weight is 442 g/mol. The fourth-order valence-electron chi connectivity index (χ4n) is 2.30. The van der Waals surface area contributed by atoms with Crippen LogP contribution in [0.15, 0.2) is 57.8 Å². The van der Waals surface area contributed by atoms with Gasteiger partial charge in [0.15, 0.2) is 4.91 Å². The molecule has 0 aliphatic rings. The Morgan fingerprint density at radius 3 is 2.53 bits per heavy atom. The molecule has 0 bridgehead atoms. The van der Waals surface area contributed by atoms with Gasteiger partial charge < -0.3 is 9.84 Å². The lowest BCUT2D eigenvalue weighted by Gasteiger charge is -2.03. The number of hydrogen-bond acceptors (Lipinski definition) is 9. The highest BCUT2D eigenvalue weighted by Gasteiger charge is 2.26. The van der Waals surface area contributed by atoms with Gasteiger partial charge in [-0.2, -0.15) is 5.26 Å². The summed E-state index contributed by atoms with van der Waals surface area (Å²) >= 11 is 0.608. The number of nitriles is 1. The number of aromatic hydroxyl groups is 1. The molecular weight excluding hydrogens is 428 g/mol. The van der Waals surface area contributed by atoms with Gasteiger partial charge in [-0.25, -0.2) is 8.42 Å². The number of amides is 1. The van der Waals surface area contributed by atoms with Crippen molar-refractivity contribution in [3.63, 3.8) is 0 Å². The maximum Gasteiger partial charge on any atom is 0.257 e. The van der Waals surface area contributed by atoms with Gasteiger partial charge >= 0.3 is 0 Å². The molecule has 30 heavy (non-hydrogen) atoms. The smallest absolute Gasteiger partial charge is 0.257 e. The normalized spacial score (nSPS) is 11.5. The molecule has 0 atom stereocenters. The molecule has 0 spiro atoms. The lowest BCUT2D eigenvalue weighted by atomic mass is 10.2. The van der Waals surface area contributed by atoms with E-state index in [-0.39, 0.29) is 16.4 Å². The number of ether oxygens (including phenoxy) is 1. The topological polar surface area (TPSA) is 142 Å². The number of rotatable bonds is 6. The van der Waals surface area contributed by atoms with Crippen molar-refractivity contribution < 1.29 is 23.1 Å². The zero-order valence-corrected chi connectivity index (χ0v) is 17.1. The number of nitrogens with one attached hydrogen (secondary N) is 1. The van der Waals surface area contributed by atoms with Gasteiger partial charge in [-0.3, -0.25) is 10.1 Å². The molecule has 11 heteroatoms. The number of para-hydroxylation sites is 1. The average Bonchev–Trinajstić information content (AvgIpc) is 3.22. The maximum absolute atomic E-state index is 12.7.